The van der Waals surface area contributed by atoms with Gasteiger partial charge in [-0.1, -0.05) is 0 Å². The zero-order valence-electron chi connectivity index (χ0n) is 8.93. The summed E-state index contributed by atoms with van der Waals surface area (Å²) in [7, 11) is 1.61. The van der Waals surface area contributed by atoms with Gasteiger partial charge in [0.05, 0.1) is 13.7 Å². The molecule has 2 rings (SSSR count). The molecular formula is C11H12FN3O. The lowest BCUT2D eigenvalue weighted by molar-refractivity contribution is 0.414. The van der Waals surface area contributed by atoms with E-state index >= 15 is 0 Å². The number of rotatable bonds is 4. The number of nitrogens with zero attached hydrogens (tertiary/aromatic N) is 3. The van der Waals surface area contributed by atoms with Crippen molar-refractivity contribution in [2.24, 2.45) is 0 Å². The van der Waals surface area contributed by atoms with Crippen molar-refractivity contribution in [2.45, 2.75) is 6.54 Å². The first-order valence-corrected chi connectivity index (χ1v) is 4.93. The van der Waals surface area contributed by atoms with Crippen LogP contribution in [0.25, 0.3) is 11.4 Å². The Bertz CT molecular complexity index is 453. The van der Waals surface area contributed by atoms with Crippen molar-refractivity contribution in [1.29, 1.82) is 0 Å². The van der Waals surface area contributed by atoms with Crippen LogP contribution >= 0.6 is 0 Å². The van der Waals surface area contributed by atoms with Crippen molar-refractivity contribution in [3.05, 3.63) is 30.6 Å². The van der Waals surface area contributed by atoms with E-state index in [0.29, 0.717) is 5.82 Å². The van der Waals surface area contributed by atoms with Gasteiger partial charge in [-0.25, -0.2) is 14.1 Å². The second kappa shape index (κ2) is 4.74. The zero-order valence-corrected chi connectivity index (χ0v) is 8.93. The Hall–Kier alpha value is -1.91. The van der Waals surface area contributed by atoms with Crippen molar-refractivity contribution < 1.29 is 9.13 Å². The monoisotopic (exact) mass is 221 g/mol. The summed E-state index contributed by atoms with van der Waals surface area (Å²) < 4.78 is 18.9. The number of hydrogen-bond acceptors (Lipinski definition) is 3. The van der Waals surface area contributed by atoms with E-state index < -0.39 is 6.67 Å². The second-order valence-corrected chi connectivity index (χ2v) is 3.22. The first-order chi connectivity index (χ1) is 7.85. The lowest BCUT2D eigenvalue weighted by atomic mass is 10.2. The highest BCUT2D eigenvalue weighted by Crippen LogP contribution is 2.19. The maximum Gasteiger partial charge on any atom is 0.158 e. The molecule has 2 aromatic rings. The molecule has 0 atom stereocenters. The Morgan fingerprint density at radius 3 is 2.69 bits per heavy atom. The van der Waals surface area contributed by atoms with Crippen LogP contribution in [-0.4, -0.2) is 28.5 Å². The molecule has 0 saturated carbocycles. The quantitative estimate of drug-likeness (QED) is 0.791. The van der Waals surface area contributed by atoms with Gasteiger partial charge in [0.15, 0.2) is 5.82 Å². The van der Waals surface area contributed by atoms with Gasteiger partial charge in [0.1, 0.15) is 18.8 Å². The molecule has 5 heteroatoms. The van der Waals surface area contributed by atoms with Crippen molar-refractivity contribution in [2.75, 3.05) is 13.8 Å². The lowest BCUT2D eigenvalue weighted by Gasteiger charge is -2.04. The molecule has 4 nitrogen and oxygen atoms in total. The van der Waals surface area contributed by atoms with Crippen LogP contribution in [-0.2, 0) is 6.54 Å². The molecule has 0 spiro atoms. The summed E-state index contributed by atoms with van der Waals surface area (Å²) in [5, 5.41) is 3.96. The van der Waals surface area contributed by atoms with E-state index in [1.165, 1.54) is 6.33 Å². The smallest absolute Gasteiger partial charge is 0.158 e. The predicted octanol–water partition coefficient (Wildman–Crippen LogP) is 1.92. The van der Waals surface area contributed by atoms with Crippen LogP contribution in [0.1, 0.15) is 0 Å². The van der Waals surface area contributed by atoms with Gasteiger partial charge >= 0.3 is 0 Å². The standard InChI is InChI=1S/C11H12FN3O/c1-16-10-4-2-9(3-5-10)11-13-8-14-15(11)7-6-12/h2-5,8H,6-7H2,1H3. The highest BCUT2D eigenvalue weighted by atomic mass is 19.1. The first-order valence-electron chi connectivity index (χ1n) is 4.93. The minimum absolute atomic E-state index is 0.224. The van der Waals surface area contributed by atoms with E-state index in [2.05, 4.69) is 10.1 Å². The average Bonchev–Trinajstić information content (AvgIpc) is 2.78. The summed E-state index contributed by atoms with van der Waals surface area (Å²) >= 11 is 0. The minimum Gasteiger partial charge on any atom is -0.497 e. The van der Waals surface area contributed by atoms with Crippen LogP contribution in [0, 0.1) is 0 Å². The first kappa shape index (κ1) is 10.6. The molecule has 84 valence electrons. The minimum atomic E-state index is -0.452. The van der Waals surface area contributed by atoms with E-state index in [1.54, 1.807) is 11.8 Å². The molecule has 0 bridgehead atoms. The predicted molar refractivity (Wildman–Crippen MR) is 58.0 cm³/mol. The van der Waals surface area contributed by atoms with Crippen LogP contribution in [0.3, 0.4) is 0 Å². The number of benzene rings is 1. The Morgan fingerprint density at radius 2 is 2.06 bits per heavy atom. The highest BCUT2D eigenvalue weighted by Gasteiger charge is 2.06. The fourth-order valence-corrected chi connectivity index (χ4v) is 1.47. The third-order valence-corrected chi connectivity index (χ3v) is 2.26. The Morgan fingerprint density at radius 1 is 1.31 bits per heavy atom. The largest absolute Gasteiger partial charge is 0.497 e. The molecule has 0 amide bonds. The average molecular weight is 221 g/mol. The van der Waals surface area contributed by atoms with Crippen LogP contribution in [0.15, 0.2) is 30.6 Å². The molecule has 1 aromatic carbocycles. The second-order valence-electron chi connectivity index (χ2n) is 3.22. The third kappa shape index (κ3) is 2.03. The molecule has 0 radical (unpaired) electrons. The third-order valence-electron chi connectivity index (χ3n) is 2.26. The molecule has 0 saturated heterocycles. The normalized spacial score (nSPS) is 10.4. The molecule has 0 unspecified atom stereocenters. The van der Waals surface area contributed by atoms with Crippen molar-refractivity contribution in [3.8, 4) is 17.1 Å². The van der Waals surface area contributed by atoms with Gasteiger partial charge in [0, 0.05) is 5.56 Å². The van der Waals surface area contributed by atoms with Gasteiger partial charge in [-0.3, -0.25) is 0 Å². The van der Waals surface area contributed by atoms with Gasteiger partial charge in [-0.2, -0.15) is 5.10 Å². The molecular weight excluding hydrogens is 209 g/mol. The Kier molecular flexibility index (Phi) is 3.14. The Balaban J connectivity index is 2.31. The van der Waals surface area contributed by atoms with Gasteiger partial charge < -0.3 is 4.74 Å². The summed E-state index contributed by atoms with van der Waals surface area (Å²) in [4.78, 5) is 4.10. The van der Waals surface area contributed by atoms with Crippen LogP contribution < -0.4 is 4.74 Å². The number of aromatic nitrogens is 3. The van der Waals surface area contributed by atoms with E-state index in [9.17, 15) is 4.39 Å². The van der Waals surface area contributed by atoms with Crippen molar-refractivity contribution >= 4 is 0 Å². The molecule has 0 N–H and O–H groups in total. The molecule has 1 aromatic heterocycles. The van der Waals surface area contributed by atoms with Gasteiger partial charge in [0.2, 0.25) is 0 Å². The van der Waals surface area contributed by atoms with Crippen LogP contribution in [0.5, 0.6) is 5.75 Å². The van der Waals surface area contributed by atoms with Crippen molar-refractivity contribution in [1.82, 2.24) is 14.8 Å². The van der Waals surface area contributed by atoms with Crippen molar-refractivity contribution in [3.63, 3.8) is 0 Å². The molecule has 0 fully saturated rings. The number of hydrogen-bond donors (Lipinski definition) is 0. The molecule has 1 heterocycles. The van der Waals surface area contributed by atoms with Crippen LogP contribution in [0.4, 0.5) is 4.39 Å². The lowest BCUT2D eigenvalue weighted by Crippen LogP contribution is -2.03. The summed E-state index contributed by atoms with van der Waals surface area (Å²) in [6.45, 7) is -0.228. The number of ether oxygens (including phenoxy) is 1. The maximum absolute atomic E-state index is 12.3. The fourth-order valence-electron chi connectivity index (χ4n) is 1.47. The fraction of sp³-hybridized carbons (Fsp3) is 0.273. The molecule has 16 heavy (non-hydrogen) atoms. The summed E-state index contributed by atoms with van der Waals surface area (Å²) in [5.41, 5.74) is 0.895. The summed E-state index contributed by atoms with van der Waals surface area (Å²) in [5.74, 6) is 1.45. The maximum atomic E-state index is 12.3. The van der Waals surface area contributed by atoms with Gasteiger partial charge in [0.25, 0.3) is 0 Å². The summed E-state index contributed by atoms with van der Waals surface area (Å²) in [6.07, 6.45) is 1.43. The number of methoxy groups -OCH3 is 1. The van der Waals surface area contributed by atoms with Crippen LogP contribution in [0.2, 0.25) is 0 Å². The van der Waals surface area contributed by atoms with E-state index in [4.69, 9.17) is 4.74 Å². The SMILES string of the molecule is COc1ccc(-c2ncnn2CCF)cc1. The molecule has 0 aliphatic carbocycles. The highest BCUT2D eigenvalue weighted by molar-refractivity contribution is 5.56. The number of halogens is 1. The van der Waals surface area contributed by atoms with E-state index in [0.717, 1.165) is 11.3 Å². The Labute approximate surface area is 92.7 Å². The van der Waals surface area contributed by atoms with E-state index in [1.807, 2.05) is 24.3 Å². The zero-order chi connectivity index (χ0) is 11.4. The van der Waals surface area contributed by atoms with E-state index in [-0.39, 0.29) is 6.54 Å². The molecule has 0 aliphatic rings. The topological polar surface area (TPSA) is 39.9 Å². The summed E-state index contributed by atoms with van der Waals surface area (Å²) in [6, 6.07) is 7.42. The van der Waals surface area contributed by atoms with Gasteiger partial charge in [-0.05, 0) is 24.3 Å². The van der Waals surface area contributed by atoms with Gasteiger partial charge in [-0.15, -0.1) is 0 Å². The number of aryl methyl sites for hydroxylation is 1. The number of alkyl halides is 1. The molecule has 0 aliphatic heterocycles.